The highest BCUT2D eigenvalue weighted by Gasteiger charge is 2.16. The molecule has 0 saturated heterocycles. The van der Waals surface area contributed by atoms with Crippen molar-refractivity contribution in [3.8, 4) is 0 Å². The van der Waals surface area contributed by atoms with Crippen LogP contribution in [0.3, 0.4) is 0 Å². The van der Waals surface area contributed by atoms with Crippen molar-refractivity contribution in [3.63, 3.8) is 0 Å². The van der Waals surface area contributed by atoms with Crippen molar-refractivity contribution in [3.05, 3.63) is 23.0 Å². The molecule has 0 saturated carbocycles. The third-order valence-corrected chi connectivity index (χ3v) is 2.14. The Kier molecular flexibility index (Phi) is 3.30. The van der Waals surface area contributed by atoms with E-state index in [1.807, 2.05) is 19.9 Å². The van der Waals surface area contributed by atoms with Crippen molar-refractivity contribution in [2.45, 2.75) is 26.4 Å². The molecular weight excluding hydrogens is 182 g/mol. The highest BCUT2D eigenvalue weighted by molar-refractivity contribution is 5.70. The summed E-state index contributed by atoms with van der Waals surface area (Å²) in [5.74, 6) is -0.407. The number of aromatic nitrogens is 1. The highest BCUT2D eigenvalue weighted by Crippen LogP contribution is 2.21. The van der Waals surface area contributed by atoms with Gasteiger partial charge in [0.1, 0.15) is 0 Å². The van der Waals surface area contributed by atoms with Gasteiger partial charge in [-0.2, -0.15) is 0 Å². The van der Waals surface area contributed by atoms with Crippen LogP contribution in [0.2, 0.25) is 0 Å². The quantitative estimate of drug-likeness (QED) is 0.716. The van der Waals surface area contributed by atoms with Crippen molar-refractivity contribution in [2.24, 2.45) is 0 Å². The highest BCUT2D eigenvalue weighted by atomic mass is 16.5. The zero-order valence-corrected chi connectivity index (χ0v) is 8.63. The number of hydrogen-bond acceptors (Lipinski definition) is 3. The van der Waals surface area contributed by atoms with Gasteiger partial charge < -0.3 is 14.8 Å². The molecule has 0 radical (unpaired) electrons. The monoisotopic (exact) mass is 197 g/mol. The fourth-order valence-electron chi connectivity index (χ4n) is 1.44. The molecule has 78 valence electrons. The maximum Gasteiger partial charge on any atom is 0.308 e. The third kappa shape index (κ3) is 2.35. The van der Waals surface area contributed by atoms with Crippen molar-refractivity contribution < 1.29 is 14.6 Å². The summed E-state index contributed by atoms with van der Waals surface area (Å²) in [7, 11) is 1.31. The van der Waals surface area contributed by atoms with Crippen LogP contribution in [-0.2, 0) is 9.53 Å². The summed E-state index contributed by atoms with van der Waals surface area (Å²) >= 11 is 0. The van der Waals surface area contributed by atoms with Gasteiger partial charge in [0.15, 0.2) is 0 Å². The van der Waals surface area contributed by atoms with Crippen molar-refractivity contribution in [1.82, 2.24) is 4.98 Å². The molecule has 0 fully saturated rings. The average molecular weight is 197 g/mol. The first-order chi connectivity index (χ1) is 6.54. The second-order valence-electron chi connectivity index (χ2n) is 3.33. The summed E-state index contributed by atoms with van der Waals surface area (Å²) in [5, 5.41) is 9.70. The summed E-state index contributed by atoms with van der Waals surface area (Å²) in [4.78, 5) is 14.0. The van der Waals surface area contributed by atoms with Crippen molar-refractivity contribution in [1.29, 1.82) is 0 Å². The number of nitrogens with one attached hydrogen (secondary N) is 1. The molecule has 2 N–H and O–H groups in total. The minimum atomic E-state index is -0.785. The van der Waals surface area contributed by atoms with Crippen LogP contribution in [0.25, 0.3) is 0 Å². The number of methoxy groups -OCH3 is 1. The van der Waals surface area contributed by atoms with Crippen molar-refractivity contribution in [2.75, 3.05) is 7.11 Å². The maximum atomic E-state index is 10.9. The number of H-pyrrole nitrogens is 1. The second-order valence-corrected chi connectivity index (χ2v) is 3.33. The van der Waals surface area contributed by atoms with Crippen LogP contribution in [-0.4, -0.2) is 23.2 Å². The number of aryl methyl sites for hydroxylation is 2. The van der Waals surface area contributed by atoms with Gasteiger partial charge in [0.05, 0.1) is 19.6 Å². The molecule has 4 nitrogen and oxygen atoms in total. The number of aromatic amines is 1. The number of esters is 1. The summed E-state index contributed by atoms with van der Waals surface area (Å²) < 4.78 is 4.48. The Morgan fingerprint density at radius 3 is 2.71 bits per heavy atom. The van der Waals surface area contributed by atoms with Gasteiger partial charge in [-0.1, -0.05) is 0 Å². The van der Waals surface area contributed by atoms with E-state index in [1.54, 1.807) is 0 Å². The Hall–Kier alpha value is -1.29. The number of carbonyl (C=O) groups excluding carboxylic acids is 1. The molecular formula is C10H15NO3. The van der Waals surface area contributed by atoms with Gasteiger partial charge in [0.2, 0.25) is 0 Å². The van der Waals surface area contributed by atoms with Gasteiger partial charge in [0.25, 0.3) is 0 Å². The zero-order valence-electron chi connectivity index (χ0n) is 8.63. The number of ether oxygens (including phenoxy) is 1. The predicted octanol–water partition coefficient (Wildman–Crippen LogP) is 1.23. The van der Waals surface area contributed by atoms with Crippen LogP contribution >= 0.6 is 0 Å². The lowest BCUT2D eigenvalue weighted by atomic mass is 10.1. The minimum absolute atomic E-state index is 0.00532. The normalized spacial score (nSPS) is 12.6. The third-order valence-electron chi connectivity index (χ3n) is 2.14. The molecule has 0 amide bonds. The van der Waals surface area contributed by atoms with E-state index in [1.165, 1.54) is 7.11 Å². The first kappa shape index (κ1) is 10.8. The number of carbonyl (C=O) groups is 1. The van der Waals surface area contributed by atoms with Gasteiger partial charge in [-0.3, -0.25) is 4.79 Å². The van der Waals surface area contributed by atoms with Crippen LogP contribution in [0.15, 0.2) is 6.07 Å². The predicted molar refractivity (Wildman–Crippen MR) is 51.9 cm³/mol. The molecule has 1 heterocycles. The lowest BCUT2D eigenvalue weighted by Gasteiger charge is -2.08. The first-order valence-corrected chi connectivity index (χ1v) is 4.45. The van der Waals surface area contributed by atoms with Crippen LogP contribution < -0.4 is 0 Å². The lowest BCUT2D eigenvalue weighted by Crippen LogP contribution is -2.08. The fourth-order valence-corrected chi connectivity index (χ4v) is 1.44. The zero-order chi connectivity index (χ0) is 10.7. The first-order valence-electron chi connectivity index (χ1n) is 4.45. The van der Waals surface area contributed by atoms with Gasteiger partial charge in [-0.25, -0.2) is 0 Å². The maximum absolute atomic E-state index is 10.9. The number of aliphatic hydroxyl groups excluding tert-OH is 1. The molecule has 0 aliphatic heterocycles. The second kappa shape index (κ2) is 4.28. The molecule has 1 aromatic rings. The van der Waals surface area contributed by atoms with Crippen LogP contribution in [0, 0.1) is 13.8 Å². The number of aliphatic hydroxyl groups is 1. The van der Waals surface area contributed by atoms with Crippen LogP contribution in [0.4, 0.5) is 0 Å². The summed E-state index contributed by atoms with van der Waals surface area (Å²) in [5.41, 5.74) is 2.62. The van der Waals surface area contributed by atoms with Gasteiger partial charge >= 0.3 is 5.97 Å². The fraction of sp³-hybridized carbons (Fsp3) is 0.500. The molecule has 0 unspecified atom stereocenters. The molecule has 0 aliphatic carbocycles. The molecule has 14 heavy (non-hydrogen) atoms. The minimum Gasteiger partial charge on any atom is -0.469 e. The van der Waals surface area contributed by atoms with E-state index < -0.39 is 12.1 Å². The van der Waals surface area contributed by atoms with Gasteiger partial charge in [-0.05, 0) is 19.9 Å². The van der Waals surface area contributed by atoms with Crippen LogP contribution in [0.1, 0.15) is 29.5 Å². The summed E-state index contributed by atoms with van der Waals surface area (Å²) in [6.07, 6.45) is -0.790. The Labute approximate surface area is 82.9 Å². The van der Waals surface area contributed by atoms with E-state index in [9.17, 15) is 9.90 Å². The Balaban J connectivity index is 2.73. The van der Waals surface area contributed by atoms with E-state index in [0.717, 1.165) is 17.0 Å². The molecule has 1 rings (SSSR count). The molecule has 4 heteroatoms. The van der Waals surface area contributed by atoms with Gasteiger partial charge in [0, 0.05) is 17.0 Å². The van der Waals surface area contributed by atoms with E-state index in [2.05, 4.69) is 9.72 Å². The largest absolute Gasteiger partial charge is 0.469 e. The Morgan fingerprint density at radius 1 is 1.64 bits per heavy atom. The van der Waals surface area contributed by atoms with E-state index in [4.69, 9.17) is 0 Å². The lowest BCUT2D eigenvalue weighted by molar-refractivity contribution is -0.142. The Bertz CT molecular complexity index is 330. The van der Waals surface area contributed by atoms with Crippen LogP contribution in [0.5, 0.6) is 0 Å². The molecule has 0 spiro atoms. The molecule has 0 aliphatic rings. The van der Waals surface area contributed by atoms with E-state index in [0.29, 0.717) is 0 Å². The average Bonchev–Trinajstić information content (AvgIpc) is 2.45. The molecule has 0 bridgehead atoms. The summed E-state index contributed by atoms with van der Waals surface area (Å²) in [6.45, 7) is 3.77. The molecule has 1 aromatic heterocycles. The Morgan fingerprint density at radius 2 is 2.29 bits per heavy atom. The number of rotatable bonds is 3. The smallest absolute Gasteiger partial charge is 0.308 e. The van der Waals surface area contributed by atoms with Crippen molar-refractivity contribution >= 4 is 5.97 Å². The molecule has 1 atom stereocenters. The molecule has 0 aromatic carbocycles. The van der Waals surface area contributed by atoms with E-state index >= 15 is 0 Å². The van der Waals surface area contributed by atoms with Gasteiger partial charge in [-0.15, -0.1) is 0 Å². The SMILES string of the molecule is COC(=O)C[C@@H](O)c1cc(C)[nH]c1C. The standard InChI is InChI=1S/C10H15NO3/c1-6-4-8(7(2)11-6)9(12)5-10(13)14-3/h4,9,11-12H,5H2,1-3H3/t9-/m1/s1. The number of hydrogen-bond donors (Lipinski definition) is 2. The van der Waals surface area contributed by atoms with E-state index in [-0.39, 0.29) is 6.42 Å². The summed E-state index contributed by atoms with van der Waals surface area (Å²) in [6, 6.07) is 1.84. The topological polar surface area (TPSA) is 62.3 Å².